The number of benzene rings is 2. The fourth-order valence-corrected chi connectivity index (χ4v) is 6.49. The van der Waals surface area contributed by atoms with Crippen LogP contribution in [0.5, 0.6) is 0 Å². The predicted octanol–water partition coefficient (Wildman–Crippen LogP) is 6.84. The predicted molar refractivity (Wildman–Crippen MR) is 143 cm³/mol. The van der Waals surface area contributed by atoms with Crippen molar-refractivity contribution < 1.29 is 0 Å². The lowest BCUT2D eigenvalue weighted by Crippen LogP contribution is -2.31. The number of hydrogen-bond donors (Lipinski definition) is 1. The first kappa shape index (κ1) is 21.3. The zero-order valence-electron chi connectivity index (χ0n) is 20.6. The Hall–Kier alpha value is -4.05. The normalized spacial score (nSPS) is 16.7. The number of nitrogens with one attached hydrogen (secondary N) is 1. The molecule has 0 atom stereocenters. The summed E-state index contributed by atoms with van der Waals surface area (Å²) in [5.74, 6) is 0. The Morgan fingerprint density at radius 3 is 2.17 bits per heavy atom. The summed E-state index contributed by atoms with van der Waals surface area (Å²) < 4.78 is 0. The average Bonchev–Trinajstić information content (AvgIpc) is 3.49. The average molecular weight is 469 g/mol. The van der Waals surface area contributed by atoms with Gasteiger partial charge in [0.25, 0.3) is 0 Å². The van der Waals surface area contributed by atoms with Crippen LogP contribution in [0.25, 0.3) is 22.5 Å². The Balaban J connectivity index is 1.51. The summed E-state index contributed by atoms with van der Waals surface area (Å²) in [6, 6.07) is 29.9. The van der Waals surface area contributed by atoms with E-state index < -0.39 is 5.41 Å². The first-order valence-electron chi connectivity index (χ1n) is 12.8. The third kappa shape index (κ3) is 2.84. The molecule has 0 radical (unpaired) electrons. The molecular formula is C32H28N4. The van der Waals surface area contributed by atoms with E-state index >= 15 is 0 Å². The van der Waals surface area contributed by atoms with Crippen molar-refractivity contribution >= 4 is 0 Å². The van der Waals surface area contributed by atoms with Crippen LogP contribution in [0.1, 0.15) is 60.5 Å². The van der Waals surface area contributed by atoms with E-state index in [1.54, 1.807) is 0 Å². The Labute approximate surface area is 211 Å². The van der Waals surface area contributed by atoms with E-state index in [1.165, 1.54) is 46.4 Å². The molecule has 2 aliphatic rings. The van der Waals surface area contributed by atoms with Crippen molar-refractivity contribution in [1.82, 2.24) is 20.2 Å². The molecule has 0 bridgehead atoms. The molecule has 0 saturated heterocycles. The van der Waals surface area contributed by atoms with Crippen LogP contribution >= 0.6 is 0 Å². The van der Waals surface area contributed by atoms with Gasteiger partial charge in [0.05, 0.1) is 17.1 Å². The minimum Gasteiger partial charge on any atom is -0.281 e. The zero-order chi connectivity index (χ0) is 24.3. The standard InChI is InChI=1S/C32H28N4/c1-31(2)19-10-13-23-29(35-36-30(23)31)26-16-9-18-28(34-26)32(27-17-7-8-20-33-27)24-14-5-3-11-21(24)22-12-4-6-15-25(22)32/h3-9,11-12,14-18,20H,10,13,19H2,1-2H3,(H,35,36). The second kappa shape index (κ2) is 7.72. The lowest BCUT2D eigenvalue weighted by molar-refractivity contribution is 0.420. The van der Waals surface area contributed by atoms with Gasteiger partial charge in [0.1, 0.15) is 11.1 Å². The minimum atomic E-state index is -0.597. The van der Waals surface area contributed by atoms with E-state index in [4.69, 9.17) is 15.1 Å². The van der Waals surface area contributed by atoms with Gasteiger partial charge in [-0.1, -0.05) is 74.5 Å². The molecule has 176 valence electrons. The fraction of sp³-hybridized carbons (Fsp3) is 0.219. The van der Waals surface area contributed by atoms with Gasteiger partial charge in [-0.05, 0) is 65.8 Å². The molecule has 4 nitrogen and oxygen atoms in total. The van der Waals surface area contributed by atoms with E-state index in [0.29, 0.717) is 0 Å². The summed E-state index contributed by atoms with van der Waals surface area (Å²) in [7, 11) is 0. The quantitative estimate of drug-likeness (QED) is 0.309. The van der Waals surface area contributed by atoms with Gasteiger partial charge < -0.3 is 0 Å². The van der Waals surface area contributed by atoms with Crippen LogP contribution in [0.4, 0.5) is 0 Å². The number of H-pyrrole nitrogens is 1. The Kier molecular flexibility index (Phi) is 4.56. The molecule has 3 heterocycles. The highest BCUT2D eigenvalue weighted by Crippen LogP contribution is 2.55. The molecule has 0 spiro atoms. The maximum absolute atomic E-state index is 5.38. The highest BCUT2D eigenvalue weighted by molar-refractivity contribution is 5.85. The maximum Gasteiger partial charge on any atom is 0.114 e. The van der Waals surface area contributed by atoms with Crippen LogP contribution in [0, 0.1) is 0 Å². The highest BCUT2D eigenvalue weighted by Gasteiger charge is 2.48. The number of aromatic nitrogens is 4. The number of fused-ring (bicyclic) bond motifs is 4. The summed E-state index contributed by atoms with van der Waals surface area (Å²) in [5.41, 5.74) is 10.9. The number of rotatable bonds is 3. The minimum absolute atomic E-state index is 0.106. The Morgan fingerprint density at radius 1 is 0.750 bits per heavy atom. The Bertz CT molecular complexity index is 1550. The van der Waals surface area contributed by atoms with Crippen molar-refractivity contribution in [2.24, 2.45) is 0 Å². The summed E-state index contributed by atoms with van der Waals surface area (Å²) >= 11 is 0. The van der Waals surface area contributed by atoms with Crippen LogP contribution in [0.15, 0.2) is 91.1 Å². The summed E-state index contributed by atoms with van der Waals surface area (Å²) in [6.45, 7) is 4.61. The van der Waals surface area contributed by atoms with Crippen molar-refractivity contribution in [3.8, 4) is 22.5 Å². The summed E-state index contributed by atoms with van der Waals surface area (Å²) in [4.78, 5) is 10.3. The van der Waals surface area contributed by atoms with Crippen molar-refractivity contribution in [2.75, 3.05) is 0 Å². The zero-order valence-corrected chi connectivity index (χ0v) is 20.6. The monoisotopic (exact) mass is 468 g/mol. The lowest BCUT2D eigenvalue weighted by atomic mass is 9.72. The van der Waals surface area contributed by atoms with Crippen molar-refractivity contribution in [1.29, 1.82) is 0 Å². The molecule has 7 rings (SSSR count). The Morgan fingerprint density at radius 2 is 1.44 bits per heavy atom. The molecule has 0 saturated carbocycles. The van der Waals surface area contributed by atoms with Gasteiger partial charge in [0.2, 0.25) is 0 Å². The van der Waals surface area contributed by atoms with Gasteiger partial charge in [-0.25, -0.2) is 4.98 Å². The van der Waals surface area contributed by atoms with Gasteiger partial charge in [-0.2, -0.15) is 5.10 Å². The van der Waals surface area contributed by atoms with E-state index in [9.17, 15) is 0 Å². The van der Waals surface area contributed by atoms with Gasteiger partial charge in [-0.15, -0.1) is 0 Å². The molecule has 0 fully saturated rings. The first-order valence-corrected chi connectivity index (χ1v) is 12.8. The molecule has 0 amide bonds. The number of aromatic amines is 1. The van der Waals surface area contributed by atoms with Gasteiger partial charge in [-0.3, -0.25) is 10.1 Å². The van der Waals surface area contributed by atoms with Gasteiger partial charge in [0.15, 0.2) is 0 Å². The first-order chi connectivity index (χ1) is 17.6. The molecule has 0 unspecified atom stereocenters. The summed E-state index contributed by atoms with van der Waals surface area (Å²) in [5, 5.41) is 8.19. The van der Waals surface area contributed by atoms with Crippen LogP contribution in [-0.4, -0.2) is 20.2 Å². The second-order valence-electron chi connectivity index (χ2n) is 10.6. The second-order valence-corrected chi connectivity index (χ2v) is 10.6. The molecule has 1 N–H and O–H groups in total. The summed E-state index contributed by atoms with van der Waals surface area (Å²) in [6.07, 6.45) is 5.26. The molecular weight excluding hydrogens is 440 g/mol. The third-order valence-electron chi connectivity index (χ3n) is 8.15. The van der Waals surface area contributed by atoms with Crippen LogP contribution in [-0.2, 0) is 17.3 Å². The smallest absolute Gasteiger partial charge is 0.114 e. The van der Waals surface area contributed by atoms with Crippen LogP contribution in [0.2, 0.25) is 0 Å². The highest BCUT2D eigenvalue weighted by atomic mass is 15.1. The van der Waals surface area contributed by atoms with Gasteiger partial charge >= 0.3 is 0 Å². The SMILES string of the molecule is CC1(C)CCCc2c(-c3cccc(C4(c5ccccn5)c5ccccc5-c5ccccc54)n3)n[nH]c21. The molecule has 0 aliphatic heterocycles. The van der Waals surface area contributed by atoms with Crippen LogP contribution in [0.3, 0.4) is 0 Å². The molecule has 36 heavy (non-hydrogen) atoms. The third-order valence-corrected chi connectivity index (χ3v) is 8.15. The molecule has 2 aromatic carbocycles. The fourth-order valence-electron chi connectivity index (χ4n) is 6.49. The van der Waals surface area contributed by atoms with Gasteiger partial charge in [0, 0.05) is 22.9 Å². The van der Waals surface area contributed by atoms with Crippen molar-refractivity contribution in [2.45, 2.75) is 43.9 Å². The van der Waals surface area contributed by atoms with E-state index in [1.807, 2.05) is 12.3 Å². The van der Waals surface area contributed by atoms with E-state index in [0.717, 1.165) is 29.2 Å². The van der Waals surface area contributed by atoms with Crippen LogP contribution < -0.4 is 0 Å². The van der Waals surface area contributed by atoms with E-state index in [2.05, 4.69) is 97.8 Å². The lowest BCUT2D eigenvalue weighted by Gasteiger charge is -2.31. The molecule has 2 aliphatic carbocycles. The van der Waals surface area contributed by atoms with E-state index in [-0.39, 0.29) is 5.41 Å². The molecule has 5 aromatic rings. The number of hydrogen-bond acceptors (Lipinski definition) is 3. The topological polar surface area (TPSA) is 54.5 Å². The maximum atomic E-state index is 5.38. The molecule has 4 heteroatoms. The van der Waals surface area contributed by atoms with Crippen molar-refractivity contribution in [3.05, 3.63) is 125 Å². The number of pyridine rings is 2. The largest absolute Gasteiger partial charge is 0.281 e. The van der Waals surface area contributed by atoms with Crippen molar-refractivity contribution in [3.63, 3.8) is 0 Å². The number of nitrogens with zero attached hydrogens (tertiary/aromatic N) is 3. The molecule has 3 aromatic heterocycles.